The molecule has 9 heterocycles. The minimum absolute atomic E-state index is 0.000123. The zero-order valence-corrected chi connectivity index (χ0v) is 67.5. The number of fused-ring (bicyclic) bond motifs is 6. The number of aromatic nitrogens is 12. The Labute approximate surface area is 657 Å². The topological polar surface area (TPSA) is 307 Å². The van der Waals surface area contributed by atoms with E-state index in [2.05, 4.69) is 92.9 Å². The van der Waals surface area contributed by atoms with E-state index in [1.165, 1.54) is 55.2 Å². The standard InChI is InChI=1S/C16H22N4O.C15H20N4O2.C14H20N4O.C13H14N4O.C13H18N4O.C12H15N3O/c1-19-12-18-15-11-13(5-6-14(15)16(19)21)17-7-10-20-8-3-2-4-9-20;1-18-11-17-14-10-12(2-3-13(14)15(18)20)16-4-5-19-6-8-21-9-7-19;1-15-10-5-6-11-12(9-10)16-13(7-8-17(2)3)18(4)14(11)19;1-16-6-5-14-12(16)9-3-4-10-11(7-9)15-8-17(2)13(10)18;1-16(2)7-6-14-10-4-5-11-12(8-10)15-9-17(3)13(11)18;1-3-6-13-9-4-5-10-11(7-9)14-8-15(2)12(10)16/h5-6,11-12,17H,2-4,7-10H2,1H3;2-3,10-11,16H,4-9H2,1H3;5-6,9,15H,7-8H2,1-4H3;3-4,7-8H,5-6H2,1-2H3;4-5,8-9,14H,6-7H2,1-3H3;4-5,7-8,13H,3,6H2,1-2H3. The largest absolute Gasteiger partial charge is 0.388 e. The van der Waals surface area contributed by atoms with Crippen molar-refractivity contribution in [3.63, 3.8) is 0 Å². The van der Waals surface area contributed by atoms with E-state index >= 15 is 0 Å². The van der Waals surface area contributed by atoms with Gasteiger partial charge in [0, 0.05) is 169 Å². The minimum atomic E-state index is -0.0201. The van der Waals surface area contributed by atoms with E-state index in [9.17, 15) is 28.8 Å². The number of rotatable bonds is 20. The van der Waals surface area contributed by atoms with Crippen molar-refractivity contribution in [2.24, 2.45) is 47.3 Å². The summed E-state index contributed by atoms with van der Waals surface area (Å²) in [6, 6.07) is 34.1. The average molecular weight is 1540 g/mol. The van der Waals surface area contributed by atoms with E-state index in [1.807, 2.05) is 151 Å². The number of morpholine rings is 1. The molecule has 6 aromatic heterocycles. The zero-order chi connectivity index (χ0) is 80.7. The van der Waals surface area contributed by atoms with Crippen LogP contribution in [0.1, 0.15) is 44.0 Å². The molecule has 15 rings (SSSR count). The number of amidine groups is 1. The molecule has 2 fully saturated rings. The van der Waals surface area contributed by atoms with Gasteiger partial charge in [0.1, 0.15) is 11.7 Å². The highest BCUT2D eigenvalue weighted by Crippen LogP contribution is 2.21. The number of likely N-dealkylation sites (N-methyl/N-ethyl adjacent to an activating group) is 3. The van der Waals surface area contributed by atoms with Crippen LogP contribution in [0.4, 0.5) is 28.4 Å². The molecule has 0 atom stereocenters. The second-order valence-corrected chi connectivity index (χ2v) is 28.9. The van der Waals surface area contributed by atoms with Crippen LogP contribution < -0.4 is 59.9 Å². The maximum atomic E-state index is 12.3. The molecule has 0 radical (unpaired) electrons. The van der Waals surface area contributed by atoms with Crippen LogP contribution in [0.25, 0.3) is 65.4 Å². The molecule has 30 nitrogen and oxygen atoms in total. The van der Waals surface area contributed by atoms with E-state index in [1.54, 1.807) is 78.5 Å². The van der Waals surface area contributed by atoms with E-state index in [0.717, 1.165) is 183 Å². The fourth-order valence-corrected chi connectivity index (χ4v) is 12.9. The fraction of sp³-hybridized carbons (Fsp3) is 0.410. The van der Waals surface area contributed by atoms with Gasteiger partial charge in [0.25, 0.3) is 33.4 Å². The van der Waals surface area contributed by atoms with Crippen LogP contribution in [0.5, 0.6) is 0 Å². The molecule has 0 aliphatic carbocycles. The highest BCUT2D eigenvalue weighted by Gasteiger charge is 2.18. The van der Waals surface area contributed by atoms with Gasteiger partial charge >= 0.3 is 0 Å². The zero-order valence-electron chi connectivity index (χ0n) is 67.5. The lowest BCUT2D eigenvalue weighted by Gasteiger charge is -2.26. The molecular weight excluding hydrogens is 1430 g/mol. The van der Waals surface area contributed by atoms with Crippen molar-refractivity contribution >= 4 is 99.7 Å². The van der Waals surface area contributed by atoms with Gasteiger partial charge in [0.05, 0.1) is 117 Å². The van der Waals surface area contributed by atoms with E-state index < -0.39 is 0 Å². The van der Waals surface area contributed by atoms with Crippen molar-refractivity contribution in [2.45, 2.75) is 39.0 Å². The van der Waals surface area contributed by atoms with Crippen LogP contribution in [0.2, 0.25) is 0 Å². The van der Waals surface area contributed by atoms with Crippen molar-refractivity contribution in [2.75, 3.05) is 174 Å². The quantitative estimate of drug-likeness (QED) is 0.0519. The van der Waals surface area contributed by atoms with Crippen LogP contribution in [0.3, 0.4) is 0 Å². The average Bonchev–Trinajstić information content (AvgIpc) is 0.956. The molecule has 3 aliphatic rings. The third-order valence-electron chi connectivity index (χ3n) is 19.7. The van der Waals surface area contributed by atoms with Gasteiger partial charge in [-0.25, -0.2) is 29.9 Å². The third kappa shape index (κ3) is 22.8. The first-order valence-corrected chi connectivity index (χ1v) is 38.4. The van der Waals surface area contributed by atoms with Crippen molar-refractivity contribution in [1.82, 2.24) is 81.8 Å². The summed E-state index contributed by atoms with van der Waals surface area (Å²) in [6.45, 7) is 17.4. The van der Waals surface area contributed by atoms with Gasteiger partial charge in [-0.1, -0.05) is 19.4 Å². The molecular formula is C83H109N23O7. The van der Waals surface area contributed by atoms with Crippen molar-refractivity contribution in [3.8, 4) is 0 Å². The van der Waals surface area contributed by atoms with Crippen LogP contribution in [0, 0.1) is 0 Å². The third-order valence-corrected chi connectivity index (χ3v) is 19.7. The van der Waals surface area contributed by atoms with Gasteiger partial charge in [0.2, 0.25) is 0 Å². The van der Waals surface area contributed by atoms with Gasteiger partial charge in [-0.15, -0.1) is 0 Å². The number of likely N-dealkylation sites (tertiary alicyclic amines) is 1. The first-order valence-electron chi connectivity index (χ1n) is 38.4. The Kier molecular flexibility index (Phi) is 30.1. The predicted octanol–water partition coefficient (Wildman–Crippen LogP) is 6.88. The van der Waals surface area contributed by atoms with Crippen LogP contribution in [-0.4, -0.2) is 235 Å². The molecule has 5 N–H and O–H groups in total. The summed E-state index contributed by atoms with van der Waals surface area (Å²) < 4.78 is 14.4. The number of hydrogen-bond acceptors (Lipinski definition) is 24. The van der Waals surface area contributed by atoms with E-state index in [4.69, 9.17) is 4.74 Å². The number of aryl methyl sites for hydroxylation is 5. The van der Waals surface area contributed by atoms with Crippen LogP contribution in [0.15, 0.2) is 175 Å². The van der Waals surface area contributed by atoms with Crippen LogP contribution >= 0.6 is 0 Å². The van der Waals surface area contributed by atoms with Gasteiger partial charge < -0.3 is 73.8 Å². The number of nitrogens with one attached hydrogen (secondary N) is 5. The molecule has 2 saturated heterocycles. The Hall–Kier alpha value is -11.6. The molecule has 0 amide bonds. The van der Waals surface area contributed by atoms with Crippen LogP contribution in [-0.2, 0) is 53.4 Å². The number of anilines is 5. The Balaban J connectivity index is 0.000000144. The molecule has 0 saturated carbocycles. The Bertz CT molecular complexity index is 5520. The van der Waals surface area contributed by atoms with E-state index in [-0.39, 0.29) is 33.4 Å². The molecule has 0 unspecified atom stereocenters. The smallest absolute Gasteiger partial charge is 0.261 e. The second-order valence-electron chi connectivity index (χ2n) is 28.9. The number of hydrogen-bond donors (Lipinski definition) is 5. The molecule has 598 valence electrons. The first-order chi connectivity index (χ1) is 54.5. The Morgan fingerprint density at radius 3 is 1.18 bits per heavy atom. The summed E-state index contributed by atoms with van der Waals surface area (Å²) in [5.41, 5.74) is 10.4. The summed E-state index contributed by atoms with van der Waals surface area (Å²) in [6.07, 6.45) is 13.6. The lowest BCUT2D eigenvalue weighted by molar-refractivity contribution is 0.0398. The number of benzene rings is 6. The molecule has 0 bridgehead atoms. The fourth-order valence-electron chi connectivity index (χ4n) is 12.9. The molecule has 113 heavy (non-hydrogen) atoms. The second kappa shape index (κ2) is 40.6. The molecule has 3 aliphatic heterocycles. The lowest BCUT2D eigenvalue weighted by Crippen LogP contribution is -2.39. The van der Waals surface area contributed by atoms with Gasteiger partial charge in [-0.05, 0) is 164 Å². The summed E-state index contributed by atoms with van der Waals surface area (Å²) in [7, 11) is 22.3. The maximum absolute atomic E-state index is 12.3. The number of ether oxygens (including phenoxy) is 1. The summed E-state index contributed by atoms with van der Waals surface area (Å²) >= 11 is 0. The molecule has 6 aromatic carbocycles. The molecule has 0 spiro atoms. The maximum Gasteiger partial charge on any atom is 0.261 e. The highest BCUT2D eigenvalue weighted by atomic mass is 16.5. The van der Waals surface area contributed by atoms with Gasteiger partial charge in [-0.2, -0.15) is 0 Å². The molecule has 30 heteroatoms. The normalized spacial score (nSPS) is 13.6. The van der Waals surface area contributed by atoms with Gasteiger partial charge in [-0.3, -0.25) is 43.2 Å². The predicted molar refractivity (Wildman–Crippen MR) is 458 cm³/mol. The minimum Gasteiger partial charge on any atom is -0.388 e. The SMILES string of the molecule is CCCNc1ccc2c(=O)n(C)cnc2c1.CN(C)CCNc1ccc2c(=O)n(C)cnc2c1.CN1CCN=C1c1ccc2c(=O)n(C)cnc2c1.CNc1ccc2c(=O)n(C)c(CCN(C)C)nc2c1.Cn1cnc2cc(NCCN3CCCCC3)ccc2c1=O.Cn1cnc2cc(NCCN3CCOCC3)ccc2c1=O. The number of nitrogens with zero attached hydrogens (tertiary/aromatic N) is 18. The summed E-state index contributed by atoms with van der Waals surface area (Å²) in [5.74, 6) is 1.79. The number of piperidine rings is 1. The molecule has 12 aromatic rings. The van der Waals surface area contributed by atoms with Crippen molar-refractivity contribution in [3.05, 3.63) is 214 Å². The highest BCUT2D eigenvalue weighted by molar-refractivity contribution is 6.02. The number of aliphatic imine (C=N–C) groups is 1. The van der Waals surface area contributed by atoms with E-state index in [0.29, 0.717) is 32.3 Å². The van der Waals surface area contributed by atoms with Crippen molar-refractivity contribution < 1.29 is 4.74 Å². The Morgan fingerprint density at radius 2 is 0.779 bits per heavy atom. The summed E-state index contributed by atoms with van der Waals surface area (Å²) in [4.78, 5) is 113. The lowest BCUT2D eigenvalue weighted by atomic mass is 10.1. The first kappa shape index (κ1) is 83.9. The van der Waals surface area contributed by atoms with Gasteiger partial charge in [0.15, 0.2) is 0 Å². The van der Waals surface area contributed by atoms with Crippen molar-refractivity contribution in [1.29, 1.82) is 0 Å². The summed E-state index contributed by atoms with van der Waals surface area (Å²) in [5, 5.41) is 20.4. The Morgan fingerprint density at radius 1 is 0.407 bits per heavy atom. The monoisotopic (exact) mass is 1540 g/mol.